The molecule has 0 saturated heterocycles. The fourth-order valence-corrected chi connectivity index (χ4v) is 5.80. The first-order valence-corrected chi connectivity index (χ1v) is 14.8. The predicted octanol–water partition coefficient (Wildman–Crippen LogP) is 8.90. The first-order valence-electron chi connectivity index (χ1n) is 14.8. The molecule has 1 saturated carbocycles. The van der Waals surface area contributed by atoms with Gasteiger partial charge in [0.05, 0.1) is 0 Å². The Kier molecular flexibility index (Phi) is 21.6. The summed E-state index contributed by atoms with van der Waals surface area (Å²) in [6, 6.07) is 0. The van der Waals surface area contributed by atoms with Gasteiger partial charge in [0.15, 0.2) is 0 Å². The van der Waals surface area contributed by atoms with Crippen LogP contribution >= 0.6 is 0 Å². The lowest BCUT2D eigenvalue weighted by molar-refractivity contribution is 0.231. The van der Waals surface area contributed by atoms with Crippen LogP contribution in [0.15, 0.2) is 0 Å². The summed E-state index contributed by atoms with van der Waals surface area (Å²) < 4.78 is 0. The van der Waals surface area contributed by atoms with E-state index in [4.69, 9.17) is 11.5 Å². The second kappa shape index (κ2) is 23.1. The highest BCUT2D eigenvalue weighted by Gasteiger charge is 2.21. The molecule has 0 aromatic heterocycles. The molecule has 2 atom stereocenters. The Labute approximate surface area is 197 Å². The third-order valence-corrected chi connectivity index (χ3v) is 7.87. The second-order valence-electron chi connectivity index (χ2n) is 10.7. The van der Waals surface area contributed by atoms with Crippen LogP contribution in [-0.2, 0) is 0 Å². The zero-order chi connectivity index (χ0) is 22.2. The van der Waals surface area contributed by atoms with Gasteiger partial charge >= 0.3 is 0 Å². The standard InChI is InChI=1S/C29H60N2/c30-26-20-14-8-2-1-4-10-16-22-28-24-18-12-6-7-13-19-25-29(28)23-17-11-5-3-9-15-21-27-31/h28-29H,1-27,30-31H2. The van der Waals surface area contributed by atoms with E-state index in [-0.39, 0.29) is 0 Å². The molecule has 1 aliphatic rings. The van der Waals surface area contributed by atoms with Gasteiger partial charge in [-0.3, -0.25) is 0 Å². The first-order chi connectivity index (χ1) is 15.4. The Morgan fingerprint density at radius 3 is 1.00 bits per heavy atom. The summed E-state index contributed by atoms with van der Waals surface area (Å²) in [5, 5.41) is 0. The van der Waals surface area contributed by atoms with Crippen LogP contribution in [0.1, 0.15) is 161 Å². The van der Waals surface area contributed by atoms with Crippen LogP contribution in [0.3, 0.4) is 0 Å². The van der Waals surface area contributed by atoms with Crippen molar-refractivity contribution in [2.75, 3.05) is 13.1 Å². The number of nitrogens with two attached hydrogens (primary N) is 2. The van der Waals surface area contributed by atoms with Crippen molar-refractivity contribution in [2.24, 2.45) is 23.3 Å². The van der Waals surface area contributed by atoms with E-state index >= 15 is 0 Å². The van der Waals surface area contributed by atoms with E-state index < -0.39 is 0 Å². The van der Waals surface area contributed by atoms with Gasteiger partial charge < -0.3 is 11.5 Å². The van der Waals surface area contributed by atoms with Gasteiger partial charge in [0, 0.05) is 0 Å². The summed E-state index contributed by atoms with van der Waals surface area (Å²) in [4.78, 5) is 0. The van der Waals surface area contributed by atoms with Gasteiger partial charge in [-0.15, -0.1) is 0 Å². The van der Waals surface area contributed by atoms with Crippen LogP contribution in [0.5, 0.6) is 0 Å². The molecular weight excluding hydrogens is 376 g/mol. The highest BCUT2D eigenvalue weighted by atomic mass is 14.5. The molecule has 1 rings (SSSR count). The Morgan fingerprint density at radius 2 is 0.645 bits per heavy atom. The summed E-state index contributed by atoms with van der Waals surface area (Å²) in [5.41, 5.74) is 11.2. The molecule has 0 bridgehead atoms. The number of hydrogen-bond acceptors (Lipinski definition) is 2. The van der Waals surface area contributed by atoms with Crippen molar-refractivity contribution in [3.63, 3.8) is 0 Å². The molecule has 2 heteroatoms. The van der Waals surface area contributed by atoms with E-state index in [1.54, 1.807) is 0 Å². The maximum absolute atomic E-state index is 5.61. The maximum Gasteiger partial charge on any atom is -0.00773 e. The molecule has 0 aromatic carbocycles. The van der Waals surface area contributed by atoms with Crippen molar-refractivity contribution in [1.29, 1.82) is 0 Å². The summed E-state index contributed by atoms with van der Waals surface area (Å²) in [6.07, 6.45) is 36.2. The molecule has 2 nitrogen and oxygen atoms in total. The van der Waals surface area contributed by atoms with Crippen LogP contribution in [-0.4, -0.2) is 13.1 Å². The Morgan fingerprint density at radius 1 is 0.355 bits per heavy atom. The van der Waals surface area contributed by atoms with Crippen molar-refractivity contribution >= 4 is 0 Å². The van der Waals surface area contributed by atoms with E-state index in [0.29, 0.717) is 0 Å². The van der Waals surface area contributed by atoms with E-state index in [2.05, 4.69) is 0 Å². The van der Waals surface area contributed by atoms with Gasteiger partial charge in [-0.05, 0) is 37.8 Å². The summed E-state index contributed by atoms with van der Waals surface area (Å²) in [5.74, 6) is 2.07. The fourth-order valence-electron chi connectivity index (χ4n) is 5.80. The average molecular weight is 437 g/mol. The molecular formula is C29H60N2. The third-order valence-electron chi connectivity index (χ3n) is 7.87. The molecule has 0 aliphatic heterocycles. The second-order valence-corrected chi connectivity index (χ2v) is 10.7. The zero-order valence-corrected chi connectivity index (χ0v) is 21.4. The minimum absolute atomic E-state index is 0.872. The largest absolute Gasteiger partial charge is 0.330 e. The highest BCUT2D eigenvalue weighted by Crippen LogP contribution is 2.34. The Balaban J connectivity index is 2.24. The molecule has 1 fully saturated rings. The first kappa shape index (κ1) is 29.0. The lowest BCUT2D eigenvalue weighted by Crippen LogP contribution is -2.16. The van der Waals surface area contributed by atoms with Crippen LogP contribution in [0.4, 0.5) is 0 Å². The van der Waals surface area contributed by atoms with Crippen LogP contribution < -0.4 is 11.5 Å². The third kappa shape index (κ3) is 18.1. The molecule has 0 spiro atoms. The molecule has 0 amide bonds. The molecule has 0 heterocycles. The SMILES string of the molecule is NCCCCCCCCCCC1CCCCCCCCC1CCCCCCCCCN. The number of unbranched alkanes of at least 4 members (excludes halogenated alkanes) is 13. The highest BCUT2D eigenvalue weighted by molar-refractivity contribution is 4.73. The molecule has 186 valence electrons. The van der Waals surface area contributed by atoms with E-state index in [9.17, 15) is 0 Å². The minimum Gasteiger partial charge on any atom is -0.330 e. The van der Waals surface area contributed by atoms with E-state index in [0.717, 1.165) is 24.9 Å². The van der Waals surface area contributed by atoms with Crippen molar-refractivity contribution < 1.29 is 0 Å². The monoisotopic (exact) mass is 436 g/mol. The minimum atomic E-state index is 0.872. The van der Waals surface area contributed by atoms with E-state index in [1.165, 1.54) is 161 Å². The summed E-state index contributed by atoms with van der Waals surface area (Å²) >= 11 is 0. The van der Waals surface area contributed by atoms with Gasteiger partial charge in [-0.2, -0.15) is 0 Å². The topological polar surface area (TPSA) is 52.0 Å². The van der Waals surface area contributed by atoms with Gasteiger partial charge in [-0.25, -0.2) is 0 Å². The normalized spacial score (nSPS) is 20.7. The fraction of sp³-hybridized carbons (Fsp3) is 1.00. The Bertz CT molecular complexity index is 344. The molecule has 31 heavy (non-hydrogen) atoms. The lowest BCUT2D eigenvalue weighted by atomic mass is 9.77. The predicted molar refractivity (Wildman–Crippen MR) is 141 cm³/mol. The van der Waals surface area contributed by atoms with Crippen LogP contribution in [0.2, 0.25) is 0 Å². The smallest absolute Gasteiger partial charge is 0.00773 e. The lowest BCUT2D eigenvalue weighted by Gasteiger charge is -2.29. The van der Waals surface area contributed by atoms with Crippen molar-refractivity contribution in [1.82, 2.24) is 0 Å². The van der Waals surface area contributed by atoms with Crippen molar-refractivity contribution in [3.8, 4) is 0 Å². The number of rotatable bonds is 19. The maximum atomic E-state index is 5.61. The van der Waals surface area contributed by atoms with Gasteiger partial charge in [-0.1, -0.05) is 148 Å². The molecule has 4 N–H and O–H groups in total. The van der Waals surface area contributed by atoms with E-state index in [1.807, 2.05) is 0 Å². The van der Waals surface area contributed by atoms with Gasteiger partial charge in [0.2, 0.25) is 0 Å². The van der Waals surface area contributed by atoms with Crippen molar-refractivity contribution in [2.45, 2.75) is 161 Å². The average Bonchev–Trinajstić information content (AvgIpc) is 2.79. The van der Waals surface area contributed by atoms with Gasteiger partial charge in [0.1, 0.15) is 0 Å². The van der Waals surface area contributed by atoms with Crippen molar-refractivity contribution in [3.05, 3.63) is 0 Å². The Hall–Kier alpha value is -0.0800. The van der Waals surface area contributed by atoms with Crippen LogP contribution in [0.25, 0.3) is 0 Å². The molecule has 0 radical (unpaired) electrons. The summed E-state index contributed by atoms with van der Waals surface area (Å²) in [6.45, 7) is 1.75. The zero-order valence-electron chi connectivity index (χ0n) is 21.4. The molecule has 1 aliphatic carbocycles. The van der Waals surface area contributed by atoms with Gasteiger partial charge in [0.25, 0.3) is 0 Å². The summed E-state index contributed by atoms with van der Waals surface area (Å²) in [7, 11) is 0. The molecule has 0 aromatic rings. The number of hydrogen-bond donors (Lipinski definition) is 2. The quantitative estimate of drug-likeness (QED) is 0.198. The van der Waals surface area contributed by atoms with Crippen LogP contribution in [0, 0.1) is 11.8 Å². The molecule has 2 unspecified atom stereocenters.